The summed E-state index contributed by atoms with van der Waals surface area (Å²) in [5.41, 5.74) is 0.833. The van der Waals surface area contributed by atoms with Crippen molar-refractivity contribution in [1.29, 1.82) is 0 Å². The Kier molecular flexibility index (Phi) is 11.0. The van der Waals surface area contributed by atoms with Crippen molar-refractivity contribution in [2.75, 3.05) is 0 Å². The average Bonchev–Trinajstić information content (AvgIpc) is 2.90. The molecule has 0 radical (unpaired) electrons. The fourth-order valence-electron chi connectivity index (χ4n) is 1.13. The van der Waals surface area contributed by atoms with Gasteiger partial charge < -0.3 is 0 Å². The van der Waals surface area contributed by atoms with Crippen LogP contribution in [0.1, 0.15) is 73.6 Å². The Hall–Kier alpha value is 0. The summed E-state index contributed by atoms with van der Waals surface area (Å²) in [5, 5.41) is 0. The number of hydrogen-bond acceptors (Lipinski definition) is 0. The Morgan fingerprint density at radius 3 is 1.08 bits per heavy atom. The molecule has 0 nitrogen and oxygen atoms in total. The third-order valence-corrected chi connectivity index (χ3v) is 2.46. The lowest BCUT2D eigenvalue weighted by molar-refractivity contribution is 0.474. The lowest BCUT2D eigenvalue weighted by Crippen LogP contribution is -1.92. The van der Waals surface area contributed by atoms with Crippen molar-refractivity contribution in [2.45, 2.75) is 73.6 Å². The molecule has 76 valence electrons. The van der Waals surface area contributed by atoms with Gasteiger partial charge in [-0.05, 0) is 18.3 Å². The Labute approximate surface area is 79.8 Å². The average molecular weight is 172 g/mol. The smallest absolute Gasteiger partial charge is 0.0302 e. The molecule has 0 aromatic heterocycles. The van der Waals surface area contributed by atoms with Crippen molar-refractivity contribution in [2.24, 2.45) is 5.41 Å². The molecule has 0 saturated heterocycles. The van der Waals surface area contributed by atoms with Gasteiger partial charge in [0.15, 0.2) is 0 Å². The van der Waals surface area contributed by atoms with Gasteiger partial charge in [0, 0.05) is 0 Å². The molecule has 0 aliphatic heterocycles. The van der Waals surface area contributed by atoms with Crippen LogP contribution in [0, 0.1) is 5.41 Å². The van der Waals surface area contributed by atoms with Crippen LogP contribution < -0.4 is 0 Å². The van der Waals surface area contributed by atoms with Crippen molar-refractivity contribution in [3.63, 3.8) is 0 Å². The van der Waals surface area contributed by atoms with E-state index in [9.17, 15) is 0 Å². The summed E-state index contributed by atoms with van der Waals surface area (Å²) in [6.45, 7) is 12.9. The Morgan fingerprint density at radius 1 is 0.833 bits per heavy atom. The second kappa shape index (κ2) is 9.09. The highest BCUT2D eigenvalue weighted by Crippen LogP contribution is 2.51. The fraction of sp³-hybridized carbons (Fsp3) is 1.00. The molecule has 0 heteroatoms. The summed E-state index contributed by atoms with van der Waals surface area (Å²) >= 11 is 0. The largest absolute Gasteiger partial charge is 0.0683 e. The lowest BCUT2D eigenvalue weighted by Gasteiger charge is -2.04. The lowest BCUT2D eigenvalue weighted by atomic mass is 10.0. The highest BCUT2D eigenvalue weighted by atomic mass is 14.4. The van der Waals surface area contributed by atoms with Gasteiger partial charge in [0.25, 0.3) is 0 Å². The van der Waals surface area contributed by atoms with Gasteiger partial charge in [-0.1, -0.05) is 60.8 Å². The monoisotopic (exact) mass is 172 g/mol. The third kappa shape index (κ3) is 6.69. The molecule has 0 spiro atoms. The zero-order valence-electron chi connectivity index (χ0n) is 10.0. The van der Waals surface area contributed by atoms with Gasteiger partial charge in [0.2, 0.25) is 0 Å². The first-order valence-corrected chi connectivity index (χ1v) is 5.74. The third-order valence-electron chi connectivity index (χ3n) is 2.46. The summed E-state index contributed by atoms with van der Waals surface area (Å²) in [6, 6.07) is 0. The molecule has 0 atom stereocenters. The van der Waals surface area contributed by atoms with Crippen LogP contribution in [0.15, 0.2) is 0 Å². The standard InChI is InChI=1S/C7H14.C3H8.C2H6/c1-3-7(4-2)5-6-7;1-3-2;1-2/h3-6H2,1-2H3;3H2,1-2H3;1-2H3. The molecule has 1 aliphatic carbocycles. The van der Waals surface area contributed by atoms with Gasteiger partial charge in [-0.3, -0.25) is 0 Å². The van der Waals surface area contributed by atoms with Crippen LogP contribution in [-0.4, -0.2) is 0 Å². The summed E-state index contributed by atoms with van der Waals surface area (Å²) < 4.78 is 0. The minimum atomic E-state index is 0.833. The van der Waals surface area contributed by atoms with Crippen molar-refractivity contribution in [3.8, 4) is 0 Å². The SMILES string of the molecule is CC.CCC.CCC1(CC)CC1. The fourth-order valence-corrected chi connectivity index (χ4v) is 1.13. The predicted octanol–water partition coefficient (Wildman–Crippen LogP) is 5.03. The Balaban J connectivity index is 0. The molecule has 0 N–H and O–H groups in total. The van der Waals surface area contributed by atoms with E-state index < -0.39 is 0 Å². The Bertz CT molecular complexity index is 64.1. The van der Waals surface area contributed by atoms with Crippen molar-refractivity contribution in [1.82, 2.24) is 0 Å². The molecule has 0 amide bonds. The zero-order valence-corrected chi connectivity index (χ0v) is 10.0. The molecule has 1 fully saturated rings. The highest BCUT2D eigenvalue weighted by Gasteiger charge is 2.37. The van der Waals surface area contributed by atoms with Gasteiger partial charge in [-0.25, -0.2) is 0 Å². The minimum Gasteiger partial charge on any atom is -0.0683 e. The zero-order chi connectivity index (χ0) is 10.0. The van der Waals surface area contributed by atoms with Gasteiger partial charge in [0.05, 0.1) is 0 Å². The topological polar surface area (TPSA) is 0 Å². The molecule has 1 aliphatic rings. The normalized spacial score (nSPS) is 16.5. The van der Waals surface area contributed by atoms with Crippen LogP contribution in [0.3, 0.4) is 0 Å². The molecule has 1 rings (SSSR count). The molecular weight excluding hydrogens is 144 g/mol. The molecule has 0 bridgehead atoms. The molecule has 12 heavy (non-hydrogen) atoms. The van der Waals surface area contributed by atoms with Crippen LogP contribution in [0.4, 0.5) is 0 Å². The summed E-state index contributed by atoms with van der Waals surface area (Å²) in [7, 11) is 0. The first kappa shape index (κ1) is 14.5. The molecule has 1 saturated carbocycles. The number of rotatable bonds is 2. The van der Waals surface area contributed by atoms with E-state index in [0.717, 1.165) is 5.41 Å². The quantitative estimate of drug-likeness (QED) is 0.548. The molecule has 0 aromatic carbocycles. The molecule has 0 unspecified atom stereocenters. The van der Waals surface area contributed by atoms with Gasteiger partial charge in [-0.2, -0.15) is 0 Å². The van der Waals surface area contributed by atoms with E-state index in [2.05, 4.69) is 27.7 Å². The highest BCUT2D eigenvalue weighted by molar-refractivity contribution is 4.89. The van der Waals surface area contributed by atoms with Gasteiger partial charge in [0.1, 0.15) is 0 Å². The molecule has 0 heterocycles. The van der Waals surface area contributed by atoms with E-state index in [0.29, 0.717) is 0 Å². The molecular formula is C12H28. The van der Waals surface area contributed by atoms with E-state index in [4.69, 9.17) is 0 Å². The Morgan fingerprint density at radius 2 is 1.08 bits per heavy atom. The maximum atomic E-state index is 2.30. The van der Waals surface area contributed by atoms with E-state index in [-0.39, 0.29) is 0 Å². The van der Waals surface area contributed by atoms with E-state index >= 15 is 0 Å². The number of hydrogen-bond donors (Lipinski definition) is 0. The van der Waals surface area contributed by atoms with Gasteiger partial charge >= 0.3 is 0 Å². The van der Waals surface area contributed by atoms with Crippen LogP contribution in [0.2, 0.25) is 0 Å². The minimum absolute atomic E-state index is 0.833. The first-order chi connectivity index (χ1) is 5.74. The van der Waals surface area contributed by atoms with Crippen molar-refractivity contribution < 1.29 is 0 Å². The summed E-state index contributed by atoms with van der Waals surface area (Å²) in [5.74, 6) is 0. The van der Waals surface area contributed by atoms with Crippen LogP contribution >= 0.6 is 0 Å². The van der Waals surface area contributed by atoms with Crippen LogP contribution in [-0.2, 0) is 0 Å². The van der Waals surface area contributed by atoms with Crippen molar-refractivity contribution in [3.05, 3.63) is 0 Å². The second-order valence-corrected chi connectivity index (χ2v) is 3.41. The van der Waals surface area contributed by atoms with Crippen molar-refractivity contribution >= 4 is 0 Å². The van der Waals surface area contributed by atoms with E-state index in [1.54, 1.807) is 0 Å². The summed E-state index contributed by atoms with van der Waals surface area (Å²) in [6.07, 6.45) is 7.06. The first-order valence-electron chi connectivity index (χ1n) is 5.74. The maximum Gasteiger partial charge on any atom is -0.0302 e. The summed E-state index contributed by atoms with van der Waals surface area (Å²) in [4.78, 5) is 0. The van der Waals surface area contributed by atoms with Crippen LogP contribution in [0.25, 0.3) is 0 Å². The van der Waals surface area contributed by atoms with Gasteiger partial charge in [-0.15, -0.1) is 0 Å². The second-order valence-electron chi connectivity index (χ2n) is 3.41. The predicted molar refractivity (Wildman–Crippen MR) is 59.6 cm³/mol. The van der Waals surface area contributed by atoms with Crippen LogP contribution in [0.5, 0.6) is 0 Å². The van der Waals surface area contributed by atoms with E-state index in [1.165, 1.54) is 32.1 Å². The maximum absolute atomic E-state index is 2.30. The molecule has 0 aromatic rings. The van der Waals surface area contributed by atoms with E-state index in [1.807, 2.05) is 13.8 Å².